The Hall–Kier alpha value is -2.80. The van der Waals surface area contributed by atoms with E-state index in [0.717, 1.165) is 5.56 Å². The molecule has 0 fully saturated rings. The molecule has 2 aromatic carbocycles. The summed E-state index contributed by atoms with van der Waals surface area (Å²) < 4.78 is 25.1. The van der Waals surface area contributed by atoms with E-state index < -0.39 is 0 Å². The van der Waals surface area contributed by atoms with Crippen LogP contribution in [0.2, 0.25) is 0 Å². The molecule has 6 nitrogen and oxygen atoms in total. The van der Waals surface area contributed by atoms with Crippen LogP contribution in [0.4, 0.5) is 10.1 Å². The number of rotatable bonds is 9. The van der Waals surface area contributed by atoms with E-state index in [1.54, 1.807) is 6.07 Å². The highest BCUT2D eigenvalue weighted by molar-refractivity contribution is 5.94. The Kier molecular flexibility index (Phi) is 8.07. The number of benzene rings is 2. The molecule has 0 saturated heterocycles. The molecule has 2 rings (SSSR count). The SMILES string of the molecule is CCOc1ccc(OCC)c(NC(N)=NCc2ccc(F)c(CN(C)C)c2)c1. The lowest BCUT2D eigenvalue weighted by Crippen LogP contribution is -2.23. The second-order valence-corrected chi connectivity index (χ2v) is 6.51. The zero-order chi connectivity index (χ0) is 20.5. The smallest absolute Gasteiger partial charge is 0.193 e. The average molecular weight is 388 g/mol. The number of hydrogen-bond donors (Lipinski definition) is 2. The first-order valence-corrected chi connectivity index (χ1v) is 9.31. The van der Waals surface area contributed by atoms with Crippen LogP contribution in [0.5, 0.6) is 11.5 Å². The molecule has 152 valence electrons. The predicted octanol–water partition coefficient (Wildman–Crippen LogP) is 3.61. The van der Waals surface area contributed by atoms with Crippen molar-refractivity contribution in [2.75, 3.05) is 32.6 Å². The van der Waals surface area contributed by atoms with Crippen molar-refractivity contribution in [1.29, 1.82) is 0 Å². The molecule has 0 spiro atoms. The van der Waals surface area contributed by atoms with Gasteiger partial charge in [0.15, 0.2) is 5.96 Å². The van der Waals surface area contributed by atoms with Crippen molar-refractivity contribution in [2.45, 2.75) is 26.9 Å². The van der Waals surface area contributed by atoms with E-state index in [1.165, 1.54) is 6.07 Å². The van der Waals surface area contributed by atoms with Crippen molar-refractivity contribution in [3.05, 3.63) is 53.3 Å². The number of nitrogens with one attached hydrogen (secondary N) is 1. The third-order valence-electron chi connectivity index (χ3n) is 3.85. The summed E-state index contributed by atoms with van der Waals surface area (Å²) in [7, 11) is 3.80. The highest BCUT2D eigenvalue weighted by atomic mass is 19.1. The molecule has 3 N–H and O–H groups in total. The molecule has 2 aromatic rings. The molecule has 0 heterocycles. The standard InChI is InChI=1S/C21H29FN4O2/c1-5-27-17-8-10-20(28-6-2)19(12-17)25-21(23)24-13-15-7-9-18(22)16(11-15)14-26(3)4/h7-12H,5-6,13-14H2,1-4H3,(H3,23,24,25). The second-order valence-electron chi connectivity index (χ2n) is 6.51. The highest BCUT2D eigenvalue weighted by Gasteiger charge is 2.08. The summed E-state index contributed by atoms with van der Waals surface area (Å²) in [6.45, 7) is 5.80. The lowest BCUT2D eigenvalue weighted by atomic mass is 10.1. The molecule has 0 atom stereocenters. The minimum absolute atomic E-state index is 0.221. The number of nitrogens with zero attached hydrogens (tertiary/aromatic N) is 2. The minimum atomic E-state index is -0.221. The van der Waals surface area contributed by atoms with Crippen LogP contribution in [0, 0.1) is 5.82 Å². The fourth-order valence-electron chi connectivity index (χ4n) is 2.69. The Morgan fingerprint density at radius 2 is 1.86 bits per heavy atom. The van der Waals surface area contributed by atoms with Crippen molar-refractivity contribution in [3.63, 3.8) is 0 Å². The summed E-state index contributed by atoms with van der Waals surface area (Å²) >= 11 is 0. The van der Waals surface area contributed by atoms with Crippen molar-refractivity contribution in [3.8, 4) is 11.5 Å². The van der Waals surface area contributed by atoms with Gasteiger partial charge in [-0.1, -0.05) is 6.07 Å². The van der Waals surface area contributed by atoms with Crippen LogP contribution >= 0.6 is 0 Å². The van der Waals surface area contributed by atoms with Crippen molar-refractivity contribution < 1.29 is 13.9 Å². The van der Waals surface area contributed by atoms with Crippen LogP contribution in [0.15, 0.2) is 41.4 Å². The van der Waals surface area contributed by atoms with Crippen LogP contribution in [0.3, 0.4) is 0 Å². The number of nitrogens with two attached hydrogens (primary N) is 1. The van der Waals surface area contributed by atoms with Gasteiger partial charge in [-0.25, -0.2) is 9.38 Å². The van der Waals surface area contributed by atoms with E-state index >= 15 is 0 Å². The average Bonchev–Trinajstić information content (AvgIpc) is 2.64. The van der Waals surface area contributed by atoms with Gasteiger partial charge in [-0.2, -0.15) is 0 Å². The van der Waals surface area contributed by atoms with E-state index in [2.05, 4.69) is 10.3 Å². The fraction of sp³-hybridized carbons (Fsp3) is 0.381. The van der Waals surface area contributed by atoms with Gasteiger partial charge in [0, 0.05) is 18.2 Å². The van der Waals surface area contributed by atoms with Crippen LogP contribution in [-0.2, 0) is 13.1 Å². The van der Waals surface area contributed by atoms with Crippen LogP contribution in [-0.4, -0.2) is 38.2 Å². The van der Waals surface area contributed by atoms with E-state index in [9.17, 15) is 4.39 Å². The Morgan fingerprint density at radius 3 is 2.54 bits per heavy atom. The van der Waals surface area contributed by atoms with Crippen LogP contribution in [0.1, 0.15) is 25.0 Å². The molecule has 7 heteroatoms. The number of halogens is 1. The Labute approximate surface area is 166 Å². The van der Waals surface area contributed by atoms with E-state index in [4.69, 9.17) is 15.2 Å². The fourth-order valence-corrected chi connectivity index (χ4v) is 2.69. The molecule has 0 saturated carbocycles. The van der Waals surface area contributed by atoms with Gasteiger partial charge in [0.1, 0.15) is 17.3 Å². The van der Waals surface area contributed by atoms with Gasteiger partial charge in [0.25, 0.3) is 0 Å². The molecule has 0 aliphatic rings. The number of ether oxygens (including phenoxy) is 2. The maximum atomic E-state index is 13.9. The lowest BCUT2D eigenvalue weighted by Gasteiger charge is -2.14. The first-order valence-electron chi connectivity index (χ1n) is 9.31. The largest absolute Gasteiger partial charge is 0.494 e. The van der Waals surface area contributed by atoms with Crippen LogP contribution < -0.4 is 20.5 Å². The van der Waals surface area contributed by atoms with Gasteiger partial charge < -0.3 is 25.4 Å². The number of aliphatic imine (C=N–C) groups is 1. The number of hydrogen-bond acceptors (Lipinski definition) is 4. The highest BCUT2D eigenvalue weighted by Crippen LogP contribution is 2.29. The van der Waals surface area contributed by atoms with E-state index in [-0.39, 0.29) is 11.8 Å². The zero-order valence-electron chi connectivity index (χ0n) is 17.0. The van der Waals surface area contributed by atoms with E-state index in [0.29, 0.717) is 49.1 Å². The molecule has 0 amide bonds. The molecular formula is C21H29FN4O2. The van der Waals surface area contributed by atoms with Gasteiger partial charge in [0.2, 0.25) is 0 Å². The number of guanidine groups is 1. The third kappa shape index (κ3) is 6.42. The minimum Gasteiger partial charge on any atom is -0.494 e. The third-order valence-corrected chi connectivity index (χ3v) is 3.85. The Morgan fingerprint density at radius 1 is 1.11 bits per heavy atom. The van der Waals surface area contributed by atoms with Gasteiger partial charge in [0.05, 0.1) is 25.4 Å². The molecule has 0 radical (unpaired) electrons. The zero-order valence-corrected chi connectivity index (χ0v) is 17.0. The van der Waals surface area contributed by atoms with Gasteiger partial charge in [-0.3, -0.25) is 0 Å². The lowest BCUT2D eigenvalue weighted by molar-refractivity contribution is 0.332. The van der Waals surface area contributed by atoms with Gasteiger partial charge >= 0.3 is 0 Å². The quantitative estimate of drug-likeness (QED) is 0.507. The molecule has 0 unspecified atom stereocenters. The first kappa shape index (κ1) is 21.5. The van der Waals surface area contributed by atoms with Crippen molar-refractivity contribution >= 4 is 11.6 Å². The maximum Gasteiger partial charge on any atom is 0.193 e. The predicted molar refractivity (Wildman–Crippen MR) is 112 cm³/mol. The molecule has 0 bridgehead atoms. The monoisotopic (exact) mass is 388 g/mol. The first-order chi connectivity index (χ1) is 13.4. The summed E-state index contributed by atoms with van der Waals surface area (Å²) in [5.74, 6) is 1.40. The van der Waals surface area contributed by atoms with Crippen molar-refractivity contribution in [1.82, 2.24) is 4.90 Å². The van der Waals surface area contributed by atoms with Crippen LogP contribution in [0.25, 0.3) is 0 Å². The second kappa shape index (κ2) is 10.5. The van der Waals surface area contributed by atoms with E-state index in [1.807, 2.05) is 57.1 Å². The molecule has 0 aliphatic carbocycles. The summed E-state index contributed by atoms with van der Waals surface area (Å²) in [4.78, 5) is 6.29. The molecule has 0 aromatic heterocycles. The summed E-state index contributed by atoms with van der Waals surface area (Å²) in [5.41, 5.74) is 8.25. The molecule has 28 heavy (non-hydrogen) atoms. The maximum absolute atomic E-state index is 13.9. The number of anilines is 1. The summed E-state index contributed by atoms with van der Waals surface area (Å²) in [6, 6.07) is 10.5. The van der Waals surface area contributed by atoms with Gasteiger partial charge in [-0.05, 0) is 57.8 Å². The topological polar surface area (TPSA) is 72.1 Å². The Bertz CT molecular complexity index is 809. The molecular weight excluding hydrogens is 359 g/mol. The molecule has 0 aliphatic heterocycles. The Balaban J connectivity index is 2.13. The normalized spacial score (nSPS) is 11.6. The van der Waals surface area contributed by atoms with Crippen molar-refractivity contribution in [2.24, 2.45) is 10.7 Å². The summed E-state index contributed by atoms with van der Waals surface area (Å²) in [6.07, 6.45) is 0. The summed E-state index contributed by atoms with van der Waals surface area (Å²) in [5, 5.41) is 3.06. The van der Waals surface area contributed by atoms with Gasteiger partial charge in [-0.15, -0.1) is 0 Å².